The van der Waals surface area contributed by atoms with Gasteiger partial charge in [-0.25, -0.2) is 0 Å². The van der Waals surface area contributed by atoms with Gasteiger partial charge < -0.3 is 4.90 Å². The highest BCUT2D eigenvalue weighted by Crippen LogP contribution is 2.36. The molecule has 0 saturated carbocycles. The molecule has 1 amide bonds. The lowest BCUT2D eigenvalue weighted by Crippen LogP contribution is -2.31. The average Bonchev–Trinajstić information content (AvgIpc) is 2.87. The minimum absolute atomic E-state index is 0.116. The lowest BCUT2D eigenvalue weighted by molar-refractivity contribution is 0.0815. The van der Waals surface area contributed by atoms with Crippen LogP contribution in [0.15, 0.2) is 53.1 Å². The van der Waals surface area contributed by atoms with Crippen molar-refractivity contribution in [2.75, 3.05) is 12.3 Å². The van der Waals surface area contributed by atoms with Crippen molar-refractivity contribution in [1.29, 1.82) is 0 Å². The Balaban J connectivity index is 1.91. The standard InChI is InChI=1S/C14H13NOS/c16-14(11-5-2-1-3-6-11)15-9-4-7-13-12(15)8-10-17-13/h1-7H,8-10H2. The molecule has 1 aromatic carbocycles. The van der Waals surface area contributed by atoms with E-state index in [0.29, 0.717) is 6.54 Å². The zero-order valence-corrected chi connectivity index (χ0v) is 10.2. The van der Waals surface area contributed by atoms with E-state index < -0.39 is 0 Å². The Labute approximate surface area is 105 Å². The molecule has 0 unspecified atom stereocenters. The third kappa shape index (κ3) is 1.91. The summed E-state index contributed by atoms with van der Waals surface area (Å²) in [5, 5.41) is 0. The van der Waals surface area contributed by atoms with Gasteiger partial charge in [-0.15, -0.1) is 11.8 Å². The van der Waals surface area contributed by atoms with E-state index in [9.17, 15) is 4.79 Å². The summed E-state index contributed by atoms with van der Waals surface area (Å²) >= 11 is 1.84. The number of amides is 1. The lowest BCUT2D eigenvalue weighted by Gasteiger charge is -2.25. The first kappa shape index (κ1) is 10.7. The van der Waals surface area contributed by atoms with Gasteiger partial charge in [-0.3, -0.25) is 4.79 Å². The summed E-state index contributed by atoms with van der Waals surface area (Å²) in [6, 6.07) is 9.51. The predicted octanol–water partition coefficient (Wildman–Crippen LogP) is 3.05. The van der Waals surface area contributed by atoms with Gasteiger partial charge >= 0.3 is 0 Å². The van der Waals surface area contributed by atoms with Crippen molar-refractivity contribution < 1.29 is 4.79 Å². The van der Waals surface area contributed by atoms with Gasteiger partial charge in [0.2, 0.25) is 0 Å². The van der Waals surface area contributed by atoms with Crippen LogP contribution in [0.1, 0.15) is 16.8 Å². The molecule has 2 heterocycles. The average molecular weight is 243 g/mol. The maximum atomic E-state index is 12.4. The number of allylic oxidation sites excluding steroid dienone is 2. The quantitative estimate of drug-likeness (QED) is 0.755. The smallest absolute Gasteiger partial charge is 0.258 e. The number of hydrogen-bond donors (Lipinski definition) is 0. The van der Waals surface area contributed by atoms with Crippen molar-refractivity contribution in [2.24, 2.45) is 0 Å². The number of nitrogens with zero attached hydrogens (tertiary/aromatic N) is 1. The second kappa shape index (κ2) is 4.41. The van der Waals surface area contributed by atoms with E-state index >= 15 is 0 Å². The fourth-order valence-corrected chi connectivity index (χ4v) is 3.28. The SMILES string of the molecule is O=C(c1ccccc1)N1CC=CC2=C1CCS2. The van der Waals surface area contributed by atoms with Crippen LogP contribution in [0.2, 0.25) is 0 Å². The molecule has 0 aromatic heterocycles. The molecule has 0 atom stereocenters. The normalized spacial score (nSPS) is 18.5. The van der Waals surface area contributed by atoms with Crippen LogP contribution in [0, 0.1) is 0 Å². The van der Waals surface area contributed by atoms with Crippen molar-refractivity contribution in [3.8, 4) is 0 Å². The van der Waals surface area contributed by atoms with Crippen molar-refractivity contribution >= 4 is 17.7 Å². The van der Waals surface area contributed by atoms with Crippen molar-refractivity contribution in [3.05, 3.63) is 58.6 Å². The topological polar surface area (TPSA) is 20.3 Å². The summed E-state index contributed by atoms with van der Waals surface area (Å²) in [6.45, 7) is 0.702. The molecule has 2 aliphatic rings. The number of rotatable bonds is 1. The molecule has 0 aliphatic carbocycles. The predicted molar refractivity (Wildman–Crippen MR) is 70.7 cm³/mol. The molecule has 17 heavy (non-hydrogen) atoms. The Bertz CT molecular complexity index is 504. The van der Waals surface area contributed by atoms with Gasteiger partial charge in [0.15, 0.2) is 0 Å². The Hall–Kier alpha value is -1.48. The van der Waals surface area contributed by atoms with Crippen LogP contribution in [0.4, 0.5) is 0 Å². The molecule has 2 aliphatic heterocycles. The molecule has 0 fully saturated rings. The minimum Gasteiger partial charge on any atom is -0.307 e. The number of carbonyl (C=O) groups excluding carboxylic acids is 1. The molecular formula is C14H13NOS. The van der Waals surface area contributed by atoms with Gasteiger partial charge in [-0.05, 0) is 24.6 Å². The molecule has 1 aromatic rings. The molecule has 3 heteroatoms. The van der Waals surface area contributed by atoms with Gasteiger partial charge in [-0.1, -0.05) is 24.3 Å². The van der Waals surface area contributed by atoms with E-state index in [1.54, 1.807) is 0 Å². The van der Waals surface area contributed by atoms with Gasteiger partial charge in [0.25, 0.3) is 5.91 Å². The van der Waals surface area contributed by atoms with E-state index in [4.69, 9.17) is 0 Å². The summed E-state index contributed by atoms with van der Waals surface area (Å²) in [5.41, 5.74) is 1.97. The van der Waals surface area contributed by atoms with Crippen LogP contribution in [-0.2, 0) is 0 Å². The molecule has 86 valence electrons. The lowest BCUT2D eigenvalue weighted by atomic mass is 10.1. The Morgan fingerprint density at radius 3 is 2.88 bits per heavy atom. The van der Waals surface area contributed by atoms with E-state index in [2.05, 4.69) is 12.2 Å². The van der Waals surface area contributed by atoms with Crippen molar-refractivity contribution in [2.45, 2.75) is 6.42 Å². The molecule has 0 spiro atoms. The highest BCUT2D eigenvalue weighted by atomic mass is 32.2. The molecule has 0 N–H and O–H groups in total. The molecule has 0 radical (unpaired) electrons. The Morgan fingerprint density at radius 1 is 1.24 bits per heavy atom. The van der Waals surface area contributed by atoms with E-state index in [1.807, 2.05) is 47.0 Å². The van der Waals surface area contributed by atoms with Crippen LogP contribution in [0.5, 0.6) is 0 Å². The number of benzene rings is 1. The summed E-state index contributed by atoms with van der Waals surface area (Å²) < 4.78 is 0. The zero-order valence-electron chi connectivity index (χ0n) is 9.43. The maximum absolute atomic E-state index is 12.4. The highest BCUT2D eigenvalue weighted by Gasteiger charge is 2.26. The van der Waals surface area contributed by atoms with Gasteiger partial charge in [0, 0.05) is 28.5 Å². The molecule has 2 nitrogen and oxygen atoms in total. The van der Waals surface area contributed by atoms with Crippen LogP contribution in [0.25, 0.3) is 0 Å². The van der Waals surface area contributed by atoms with E-state index in [-0.39, 0.29) is 5.91 Å². The highest BCUT2D eigenvalue weighted by molar-refractivity contribution is 8.03. The number of carbonyl (C=O) groups is 1. The first-order valence-electron chi connectivity index (χ1n) is 5.75. The van der Waals surface area contributed by atoms with Crippen LogP contribution in [0.3, 0.4) is 0 Å². The third-order valence-electron chi connectivity index (χ3n) is 3.03. The number of thioether (sulfide) groups is 1. The zero-order chi connectivity index (χ0) is 11.7. The van der Waals surface area contributed by atoms with E-state index in [1.165, 1.54) is 10.6 Å². The monoisotopic (exact) mass is 243 g/mol. The van der Waals surface area contributed by atoms with Gasteiger partial charge in [0.1, 0.15) is 0 Å². The van der Waals surface area contributed by atoms with Gasteiger partial charge in [-0.2, -0.15) is 0 Å². The van der Waals surface area contributed by atoms with E-state index in [0.717, 1.165) is 17.7 Å². The summed E-state index contributed by atoms with van der Waals surface area (Å²) in [4.78, 5) is 15.6. The second-order valence-corrected chi connectivity index (χ2v) is 5.23. The van der Waals surface area contributed by atoms with Crippen LogP contribution in [-0.4, -0.2) is 23.1 Å². The molecule has 3 rings (SSSR count). The minimum atomic E-state index is 0.116. The third-order valence-corrected chi connectivity index (χ3v) is 4.12. The van der Waals surface area contributed by atoms with Crippen molar-refractivity contribution in [3.63, 3.8) is 0 Å². The second-order valence-electron chi connectivity index (χ2n) is 4.09. The molecule has 0 bridgehead atoms. The molecular weight excluding hydrogens is 230 g/mol. The Morgan fingerprint density at radius 2 is 2.06 bits per heavy atom. The fourth-order valence-electron chi connectivity index (χ4n) is 2.19. The van der Waals surface area contributed by atoms with Crippen molar-refractivity contribution in [1.82, 2.24) is 4.90 Å². The first-order valence-corrected chi connectivity index (χ1v) is 6.74. The Kier molecular flexibility index (Phi) is 2.77. The van der Waals surface area contributed by atoms with Crippen LogP contribution < -0.4 is 0 Å². The maximum Gasteiger partial charge on any atom is 0.258 e. The number of hydrogen-bond acceptors (Lipinski definition) is 2. The van der Waals surface area contributed by atoms with Gasteiger partial charge in [0.05, 0.1) is 0 Å². The van der Waals surface area contributed by atoms with Crippen LogP contribution >= 0.6 is 11.8 Å². The summed E-state index contributed by atoms with van der Waals surface area (Å²) in [5.74, 6) is 1.21. The largest absolute Gasteiger partial charge is 0.307 e. The first-order chi connectivity index (χ1) is 8.36. The summed E-state index contributed by atoms with van der Waals surface area (Å²) in [6.07, 6.45) is 5.21. The molecule has 0 saturated heterocycles. The fraction of sp³-hybridized carbons (Fsp3) is 0.214. The summed E-state index contributed by atoms with van der Waals surface area (Å²) in [7, 11) is 0.